The molecule has 0 spiro atoms. The molecule has 0 saturated carbocycles. The van der Waals surface area contributed by atoms with E-state index in [0.717, 1.165) is 20.8 Å². The first-order valence-electron chi connectivity index (χ1n) is 9.31. The van der Waals surface area contributed by atoms with Gasteiger partial charge in [-0.25, -0.2) is 0 Å². The number of rotatable bonds is 7. The number of fused-ring (bicyclic) bond motifs is 1. The molecule has 160 valence electrons. The Morgan fingerprint density at radius 2 is 1.68 bits per heavy atom. The van der Waals surface area contributed by atoms with Crippen LogP contribution in [0.2, 0.25) is 0 Å². The Hall–Kier alpha value is -3.52. The summed E-state index contributed by atoms with van der Waals surface area (Å²) in [5, 5.41) is 2.04. The fraction of sp³-hybridized carbons (Fsp3) is 0.130. The van der Waals surface area contributed by atoms with Crippen molar-refractivity contribution in [1.29, 1.82) is 0 Å². The lowest BCUT2D eigenvalue weighted by Gasteiger charge is -2.11. The number of carbonyl (C=O) groups excluding carboxylic acids is 2. The second-order valence-corrected chi connectivity index (χ2v) is 7.17. The molecular formula is C23H21BrN2O5. The van der Waals surface area contributed by atoms with Gasteiger partial charge < -0.3 is 14.2 Å². The summed E-state index contributed by atoms with van der Waals surface area (Å²) in [5.74, 6) is 0.696. The summed E-state index contributed by atoms with van der Waals surface area (Å²) >= 11 is 3.50. The zero-order valence-electron chi connectivity index (χ0n) is 17.0. The van der Waals surface area contributed by atoms with Gasteiger partial charge in [-0.15, -0.1) is 0 Å². The molecule has 0 aromatic heterocycles. The summed E-state index contributed by atoms with van der Waals surface area (Å²) in [6, 6.07) is 16.8. The number of hydrogen-bond donors (Lipinski definition) is 2. The maximum atomic E-state index is 12.0. The highest BCUT2D eigenvalue weighted by Gasteiger charge is 2.09. The average molecular weight is 485 g/mol. The van der Waals surface area contributed by atoms with Crippen LogP contribution in [0.4, 0.5) is 0 Å². The van der Waals surface area contributed by atoms with Crippen LogP contribution in [0.3, 0.4) is 0 Å². The lowest BCUT2D eigenvalue weighted by Crippen LogP contribution is -2.43. The van der Waals surface area contributed by atoms with Crippen molar-refractivity contribution in [2.24, 2.45) is 0 Å². The van der Waals surface area contributed by atoms with Crippen molar-refractivity contribution in [3.8, 4) is 17.2 Å². The molecule has 0 radical (unpaired) electrons. The zero-order valence-corrected chi connectivity index (χ0v) is 18.6. The predicted molar refractivity (Wildman–Crippen MR) is 122 cm³/mol. The smallest absolute Gasteiger partial charge is 0.276 e. The molecule has 0 aliphatic heterocycles. The van der Waals surface area contributed by atoms with Crippen molar-refractivity contribution in [2.75, 3.05) is 20.8 Å². The minimum atomic E-state index is -0.493. The molecule has 0 heterocycles. The standard InChI is InChI=1S/C23H21BrN2O5/c1-29-18-10-7-15(13-20(18)30-2)8-12-21(27)25-26-22(28)14-31-19-11-9-16-5-3-4-6-17(16)23(19)24/h3-13H,14H2,1-2H3,(H,25,27)(H,26,28). The van der Waals surface area contributed by atoms with Crippen LogP contribution in [0.5, 0.6) is 17.2 Å². The van der Waals surface area contributed by atoms with Crippen LogP contribution in [0.25, 0.3) is 16.8 Å². The Morgan fingerprint density at radius 1 is 0.935 bits per heavy atom. The van der Waals surface area contributed by atoms with Gasteiger partial charge in [0.05, 0.1) is 18.7 Å². The Morgan fingerprint density at radius 3 is 2.45 bits per heavy atom. The van der Waals surface area contributed by atoms with Gasteiger partial charge in [0, 0.05) is 6.08 Å². The van der Waals surface area contributed by atoms with E-state index >= 15 is 0 Å². The third kappa shape index (κ3) is 5.76. The highest BCUT2D eigenvalue weighted by molar-refractivity contribution is 9.10. The summed E-state index contributed by atoms with van der Waals surface area (Å²) in [4.78, 5) is 24.0. The van der Waals surface area contributed by atoms with Crippen molar-refractivity contribution in [1.82, 2.24) is 10.9 Å². The highest BCUT2D eigenvalue weighted by atomic mass is 79.9. The van der Waals surface area contributed by atoms with Gasteiger partial charge in [-0.3, -0.25) is 20.4 Å². The second-order valence-electron chi connectivity index (χ2n) is 6.37. The van der Waals surface area contributed by atoms with E-state index in [2.05, 4.69) is 26.8 Å². The van der Waals surface area contributed by atoms with Gasteiger partial charge in [0.25, 0.3) is 11.8 Å². The van der Waals surface area contributed by atoms with Crippen LogP contribution in [-0.4, -0.2) is 32.6 Å². The molecular weight excluding hydrogens is 464 g/mol. The second kappa shape index (κ2) is 10.5. The third-order valence-electron chi connectivity index (χ3n) is 4.35. The number of nitrogens with one attached hydrogen (secondary N) is 2. The molecule has 0 unspecified atom stereocenters. The molecule has 8 heteroatoms. The van der Waals surface area contributed by atoms with Gasteiger partial charge in [0.1, 0.15) is 5.75 Å². The van der Waals surface area contributed by atoms with Gasteiger partial charge in [-0.2, -0.15) is 0 Å². The van der Waals surface area contributed by atoms with Crippen LogP contribution in [0.15, 0.2) is 65.1 Å². The minimum Gasteiger partial charge on any atom is -0.493 e. The molecule has 0 aliphatic carbocycles. The normalized spacial score (nSPS) is 10.7. The molecule has 0 aliphatic rings. The molecule has 0 atom stereocenters. The molecule has 3 aromatic carbocycles. The van der Waals surface area contributed by atoms with E-state index < -0.39 is 11.8 Å². The molecule has 3 rings (SSSR count). The number of ether oxygens (including phenoxy) is 3. The molecule has 0 bridgehead atoms. The fourth-order valence-electron chi connectivity index (χ4n) is 2.81. The molecule has 7 nitrogen and oxygen atoms in total. The van der Waals surface area contributed by atoms with Crippen molar-refractivity contribution >= 4 is 44.6 Å². The van der Waals surface area contributed by atoms with Crippen molar-refractivity contribution in [3.63, 3.8) is 0 Å². The van der Waals surface area contributed by atoms with E-state index in [1.165, 1.54) is 13.2 Å². The lowest BCUT2D eigenvalue weighted by molar-refractivity contribution is -0.128. The topological polar surface area (TPSA) is 85.9 Å². The zero-order chi connectivity index (χ0) is 22.2. The summed E-state index contributed by atoms with van der Waals surface area (Å²) in [6.07, 6.45) is 2.88. The molecule has 0 saturated heterocycles. The van der Waals surface area contributed by atoms with Crippen LogP contribution >= 0.6 is 15.9 Å². The molecule has 0 fully saturated rings. The van der Waals surface area contributed by atoms with Crippen LogP contribution in [-0.2, 0) is 9.59 Å². The average Bonchev–Trinajstić information content (AvgIpc) is 2.80. The van der Waals surface area contributed by atoms with Crippen LogP contribution in [0, 0.1) is 0 Å². The highest BCUT2D eigenvalue weighted by Crippen LogP contribution is 2.33. The van der Waals surface area contributed by atoms with Crippen molar-refractivity contribution in [3.05, 3.63) is 70.7 Å². The number of methoxy groups -OCH3 is 2. The molecule has 3 aromatic rings. The largest absolute Gasteiger partial charge is 0.493 e. The van der Waals surface area contributed by atoms with E-state index in [0.29, 0.717) is 17.2 Å². The maximum absolute atomic E-state index is 12.0. The summed E-state index contributed by atoms with van der Waals surface area (Å²) in [6.45, 7) is -0.253. The molecule has 31 heavy (non-hydrogen) atoms. The van der Waals surface area contributed by atoms with Crippen molar-refractivity contribution in [2.45, 2.75) is 0 Å². The van der Waals surface area contributed by atoms with Gasteiger partial charge in [0.15, 0.2) is 18.1 Å². The quantitative estimate of drug-likeness (QED) is 0.392. The van der Waals surface area contributed by atoms with Gasteiger partial charge in [0.2, 0.25) is 0 Å². The summed E-state index contributed by atoms with van der Waals surface area (Å²) in [7, 11) is 3.08. The Balaban J connectivity index is 1.50. The summed E-state index contributed by atoms with van der Waals surface area (Å²) in [5.41, 5.74) is 5.36. The number of benzene rings is 3. The van der Waals surface area contributed by atoms with E-state index in [-0.39, 0.29) is 6.61 Å². The number of hydrogen-bond acceptors (Lipinski definition) is 5. The summed E-state index contributed by atoms with van der Waals surface area (Å²) < 4.78 is 16.7. The Kier molecular flexibility index (Phi) is 7.50. The van der Waals surface area contributed by atoms with Gasteiger partial charge in [-0.05, 0) is 56.5 Å². The minimum absolute atomic E-state index is 0.253. The Labute approximate surface area is 188 Å². The van der Waals surface area contributed by atoms with E-state index in [1.807, 2.05) is 30.3 Å². The van der Waals surface area contributed by atoms with Crippen LogP contribution in [0.1, 0.15) is 5.56 Å². The van der Waals surface area contributed by atoms with Crippen molar-refractivity contribution < 1.29 is 23.8 Å². The maximum Gasteiger partial charge on any atom is 0.276 e. The lowest BCUT2D eigenvalue weighted by atomic mass is 10.1. The third-order valence-corrected chi connectivity index (χ3v) is 5.16. The van der Waals surface area contributed by atoms with Gasteiger partial charge >= 0.3 is 0 Å². The molecule has 2 N–H and O–H groups in total. The first-order chi connectivity index (χ1) is 15.0. The fourth-order valence-corrected chi connectivity index (χ4v) is 3.41. The first-order valence-corrected chi connectivity index (χ1v) is 10.1. The predicted octanol–water partition coefficient (Wildman–Crippen LogP) is 3.86. The molecule has 2 amide bonds. The number of amides is 2. The van der Waals surface area contributed by atoms with E-state index in [9.17, 15) is 9.59 Å². The SMILES string of the molecule is COc1ccc(C=CC(=O)NNC(=O)COc2ccc3ccccc3c2Br)cc1OC. The monoisotopic (exact) mass is 484 g/mol. The number of carbonyl (C=O) groups is 2. The number of hydrazine groups is 1. The number of halogens is 1. The van der Waals surface area contributed by atoms with Crippen LogP contribution < -0.4 is 25.1 Å². The van der Waals surface area contributed by atoms with E-state index in [1.54, 1.807) is 37.5 Å². The van der Waals surface area contributed by atoms with E-state index in [4.69, 9.17) is 14.2 Å². The van der Waals surface area contributed by atoms with Gasteiger partial charge in [-0.1, -0.05) is 36.4 Å². The Bertz CT molecular complexity index is 1130. The first kappa shape index (κ1) is 22.2.